The Hall–Kier alpha value is -2.95. The van der Waals surface area contributed by atoms with Gasteiger partial charge in [-0.05, 0) is 36.2 Å². The molecule has 0 aromatic heterocycles. The van der Waals surface area contributed by atoms with E-state index in [1.54, 1.807) is 26.4 Å². The van der Waals surface area contributed by atoms with Crippen LogP contribution in [0.25, 0.3) is 0 Å². The van der Waals surface area contributed by atoms with Crippen LogP contribution < -0.4 is 19.7 Å². The molecule has 0 bridgehead atoms. The number of nitrogens with zero attached hydrogens (tertiary/aromatic N) is 1. The number of hydrogen-bond acceptors (Lipinski definition) is 4. The van der Waals surface area contributed by atoms with Gasteiger partial charge in [0.05, 0.1) is 14.2 Å². The fourth-order valence-corrected chi connectivity index (χ4v) is 2.71. The van der Waals surface area contributed by atoms with Crippen molar-refractivity contribution < 1.29 is 14.3 Å². The molecule has 0 atom stereocenters. The van der Waals surface area contributed by atoms with E-state index >= 15 is 0 Å². The van der Waals surface area contributed by atoms with Gasteiger partial charge < -0.3 is 19.7 Å². The van der Waals surface area contributed by atoms with Crippen molar-refractivity contribution in [1.29, 1.82) is 0 Å². The normalized spacial score (nSPS) is 10.2. The molecule has 5 nitrogen and oxygen atoms in total. The van der Waals surface area contributed by atoms with Gasteiger partial charge in [-0.25, -0.2) is 0 Å². The summed E-state index contributed by atoms with van der Waals surface area (Å²) in [6.07, 6.45) is 2.36. The fraction of sp³-hybridized carbons (Fsp3) is 0.286. The maximum atomic E-state index is 12.6. The lowest BCUT2D eigenvalue weighted by Crippen LogP contribution is -2.23. The number of amides is 1. The molecule has 0 spiro atoms. The van der Waals surface area contributed by atoms with Crippen molar-refractivity contribution in [1.82, 2.24) is 5.32 Å². The van der Waals surface area contributed by atoms with Crippen LogP contribution in [0.5, 0.6) is 11.5 Å². The molecule has 0 saturated heterocycles. The Morgan fingerprint density at radius 3 is 2.58 bits per heavy atom. The average Bonchev–Trinajstić information content (AvgIpc) is 2.65. The molecule has 0 saturated carbocycles. The second kappa shape index (κ2) is 8.94. The fourth-order valence-electron chi connectivity index (χ4n) is 2.71. The summed E-state index contributed by atoms with van der Waals surface area (Å²) < 4.78 is 10.8. The molecular weight excluding hydrogens is 328 g/mol. The molecule has 0 aliphatic carbocycles. The van der Waals surface area contributed by atoms with Crippen LogP contribution in [-0.2, 0) is 13.0 Å². The van der Waals surface area contributed by atoms with Crippen LogP contribution >= 0.6 is 0 Å². The quantitative estimate of drug-likeness (QED) is 0.738. The molecule has 2 aromatic rings. The van der Waals surface area contributed by atoms with Gasteiger partial charge in [0.15, 0.2) is 11.5 Å². The van der Waals surface area contributed by atoms with Crippen molar-refractivity contribution in [3.63, 3.8) is 0 Å². The third-order valence-corrected chi connectivity index (χ3v) is 4.06. The molecule has 5 heteroatoms. The summed E-state index contributed by atoms with van der Waals surface area (Å²) in [7, 11) is 7.12. The van der Waals surface area contributed by atoms with Crippen molar-refractivity contribution in [2.24, 2.45) is 0 Å². The topological polar surface area (TPSA) is 50.8 Å². The average molecular weight is 354 g/mol. The maximum Gasteiger partial charge on any atom is 0.251 e. The Morgan fingerprint density at radius 2 is 1.96 bits per heavy atom. The number of hydrogen-bond donors (Lipinski definition) is 1. The first kappa shape index (κ1) is 19.4. The van der Waals surface area contributed by atoms with E-state index in [1.807, 2.05) is 43.3 Å². The van der Waals surface area contributed by atoms with Crippen LogP contribution in [0.4, 0.5) is 5.69 Å². The lowest BCUT2D eigenvalue weighted by molar-refractivity contribution is 0.0950. The molecule has 0 heterocycles. The number of rotatable bonds is 8. The minimum atomic E-state index is -0.161. The van der Waals surface area contributed by atoms with E-state index in [-0.39, 0.29) is 5.91 Å². The molecule has 0 fully saturated rings. The van der Waals surface area contributed by atoms with Crippen LogP contribution in [0.3, 0.4) is 0 Å². The number of allylic oxidation sites excluding steroid dienone is 1. The van der Waals surface area contributed by atoms with Gasteiger partial charge in [-0.3, -0.25) is 4.79 Å². The van der Waals surface area contributed by atoms with Gasteiger partial charge in [0, 0.05) is 37.5 Å². The molecule has 1 amide bonds. The largest absolute Gasteiger partial charge is 0.493 e. The van der Waals surface area contributed by atoms with Crippen molar-refractivity contribution in [3.8, 4) is 11.5 Å². The van der Waals surface area contributed by atoms with Crippen LogP contribution in [0, 0.1) is 0 Å². The maximum absolute atomic E-state index is 12.6. The highest BCUT2D eigenvalue weighted by molar-refractivity contribution is 5.95. The number of nitrogens with one attached hydrogen (secondary N) is 1. The molecule has 26 heavy (non-hydrogen) atoms. The lowest BCUT2D eigenvalue weighted by Gasteiger charge is -2.15. The van der Waals surface area contributed by atoms with Crippen LogP contribution in [-0.4, -0.2) is 34.2 Å². The summed E-state index contributed by atoms with van der Waals surface area (Å²) >= 11 is 0. The van der Waals surface area contributed by atoms with Crippen LogP contribution in [0.2, 0.25) is 0 Å². The summed E-state index contributed by atoms with van der Waals surface area (Å²) in [4.78, 5) is 14.6. The number of anilines is 1. The third kappa shape index (κ3) is 4.57. The van der Waals surface area contributed by atoms with E-state index in [0.717, 1.165) is 16.8 Å². The summed E-state index contributed by atoms with van der Waals surface area (Å²) in [6.45, 7) is 4.21. The Labute approximate surface area is 155 Å². The zero-order chi connectivity index (χ0) is 19.1. The van der Waals surface area contributed by atoms with Gasteiger partial charge >= 0.3 is 0 Å². The number of methoxy groups -OCH3 is 2. The van der Waals surface area contributed by atoms with Gasteiger partial charge in [-0.15, -0.1) is 6.58 Å². The van der Waals surface area contributed by atoms with E-state index in [9.17, 15) is 4.79 Å². The highest BCUT2D eigenvalue weighted by Crippen LogP contribution is 2.33. The van der Waals surface area contributed by atoms with Crippen LogP contribution in [0.1, 0.15) is 21.5 Å². The number of ether oxygens (including phenoxy) is 2. The summed E-state index contributed by atoms with van der Waals surface area (Å²) in [5, 5.41) is 2.96. The lowest BCUT2D eigenvalue weighted by atomic mass is 10.0. The molecular formula is C21H26N2O3. The standard InChI is InChI=1S/C21H26N2O3/c1-6-8-16-12-17(13-19(25-4)20(16)26-5)21(24)22-14-15-9-7-10-18(11-15)23(2)3/h6-7,9-13H,1,8,14H2,2-5H3,(H,22,24). The van der Waals surface area contributed by atoms with Crippen molar-refractivity contribution in [2.45, 2.75) is 13.0 Å². The van der Waals surface area contributed by atoms with Crippen molar-refractivity contribution in [3.05, 3.63) is 65.7 Å². The molecule has 0 unspecified atom stereocenters. The Bertz CT molecular complexity index is 785. The summed E-state index contributed by atoms with van der Waals surface area (Å²) in [6, 6.07) is 11.6. The molecule has 0 aliphatic heterocycles. The van der Waals surface area contributed by atoms with Gasteiger partial charge in [0.1, 0.15) is 0 Å². The second-order valence-corrected chi connectivity index (χ2v) is 6.11. The van der Waals surface area contributed by atoms with Crippen molar-refractivity contribution in [2.75, 3.05) is 33.2 Å². The zero-order valence-corrected chi connectivity index (χ0v) is 15.8. The van der Waals surface area contributed by atoms with Gasteiger partial charge in [0.25, 0.3) is 5.91 Å². The van der Waals surface area contributed by atoms with E-state index in [0.29, 0.717) is 30.0 Å². The molecule has 2 aromatic carbocycles. The Morgan fingerprint density at radius 1 is 1.19 bits per heavy atom. The number of benzene rings is 2. The highest BCUT2D eigenvalue weighted by atomic mass is 16.5. The van der Waals surface area contributed by atoms with Crippen LogP contribution in [0.15, 0.2) is 49.1 Å². The van der Waals surface area contributed by atoms with E-state index < -0.39 is 0 Å². The smallest absolute Gasteiger partial charge is 0.251 e. The first-order valence-electron chi connectivity index (χ1n) is 8.40. The molecule has 0 radical (unpaired) electrons. The van der Waals surface area contributed by atoms with Gasteiger partial charge in [0.2, 0.25) is 0 Å². The second-order valence-electron chi connectivity index (χ2n) is 6.11. The monoisotopic (exact) mass is 354 g/mol. The first-order valence-corrected chi connectivity index (χ1v) is 8.40. The first-order chi connectivity index (χ1) is 12.5. The van der Waals surface area contributed by atoms with Gasteiger partial charge in [-0.1, -0.05) is 18.2 Å². The predicted octanol–water partition coefficient (Wildman–Crippen LogP) is 3.43. The van der Waals surface area contributed by atoms with E-state index in [1.165, 1.54) is 0 Å². The highest BCUT2D eigenvalue weighted by Gasteiger charge is 2.15. The summed E-state index contributed by atoms with van der Waals surface area (Å²) in [5.74, 6) is 1.00. The number of carbonyl (C=O) groups is 1. The zero-order valence-electron chi connectivity index (χ0n) is 15.8. The molecule has 1 N–H and O–H groups in total. The van der Waals surface area contributed by atoms with E-state index in [4.69, 9.17) is 9.47 Å². The van der Waals surface area contributed by atoms with E-state index in [2.05, 4.69) is 18.0 Å². The molecule has 138 valence electrons. The molecule has 0 aliphatic rings. The Balaban J connectivity index is 2.20. The van der Waals surface area contributed by atoms with Crippen molar-refractivity contribution >= 4 is 11.6 Å². The summed E-state index contributed by atoms with van der Waals surface area (Å²) in [5.41, 5.74) is 3.53. The Kier molecular flexibility index (Phi) is 6.67. The molecule has 2 rings (SSSR count). The third-order valence-electron chi connectivity index (χ3n) is 4.06. The minimum absolute atomic E-state index is 0.161. The minimum Gasteiger partial charge on any atom is -0.493 e. The SMILES string of the molecule is C=CCc1cc(C(=O)NCc2cccc(N(C)C)c2)cc(OC)c1OC. The predicted molar refractivity (Wildman–Crippen MR) is 105 cm³/mol. The number of carbonyl (C=O) groups excluding carboxylic acids is 1. The van der Waals surface area contributed by atoms with Gasteiger partial charge in [-0.2, -0.15) is 0 Å².